The molecule has 1 aromatic heterocycles. The predicted molar refractivity (Wildman–Crippen MR) is 114 cm³/mol. The van der Waals surface area contributed by atoms with Crippen molar-refractivity contribution >= 4 is 29.9 Å². The van der Waals surface area contributed by atoms with Gasteiger partial charge in [0.1, 0.15) is 5.82 Å². The maximum Gasteiger partial charge on any atom is 0.203 e. The number of rotatable bonds is 7. The van der Waals surface area contributed by atoms with E-state index in [1.165, 1.54) is 0 Å². The summed E-state index contributed by atoms with van der Waals surface area (Å²) in [5.74, 6) is 4.14. The van der Waals surface area contributed by atoms with Crippen LogP contribution in [0.15, 0.2) is 17.1 Å². The molecule has 2 aromatic rings. The molecule has 0 saturated carbocycles. The molecule has 0 amide bonds. The zero-order chi connectivity index (χ0) is 19.1. The van der Waals surface area contributed by atoms with Gasteiger partial charge in [-0.05, 0) is 24.6 Å². The van der Waals surface area contributed by atoms with Crippen LogP contribution in [0.4, 0.5) is 0 Å². The summed E-state index contributed by atoms with van der Waals surface area (Å²) in [6.45, 7) is 2.97. The zero-order valence-corrected chi connectivity index (χ0v) is 18.8. The highest BCUT2D eigenvalue weighted by atomic mass is 127. The lowest BCUT2D eigenvalue weighted by Crippen LogP contribution is -2.36. The van der Waals surface area contributed by atoms with Crippen molar-refractivity contribution in [1.82, 2.24) is 25.4 Å². The summed E-state index contributed by atoms with van der Waals surface area (Å²) in [4.78, 5) is 4.22. The van der Waals surface area contributed by atoms with E-state index < -0.39 is 0 Å². The van der Waals surface area contributed by atoms with Crippen LogP contribution < -0.4 is 24.8 Å². The largest absolute Gasteiger partial charge is 0.493 e. The highest BCUT2D eigenvalue weighted by molar-refractivity contribution is 14.0. The highest BCUT2D eigenvalue weighted by Crippen LogP contribution is 2.38. The molecular formula is C17H27IN6O3. The topological polar surface area (TPSA) is 94.8 Å². The van der Waals surface area contributed by atoms with Crippen LogP contribution in [0.5, 0.6) is 17.2 Å². The third-order valence-electron chi connectivity index (χ3n) is 4.00. The Hall–Kier alpha value is -2.24. The normalized spacial score (nSPS) is 10.8. The first kappa shape index (κ1) is 22.8. The van der Waals surface area contributed by atoms with E-state index in [9.17, 15) is 0 Å². The lowest BCUT2D eigenvalue weighted by molar-refractivity contribution is 0.323. The second kappa shape index (κ2) is 10.8. The van der Waals surface area contributed by atoms with Gasteiger partial charge in [0.25, 0.3) is 0 Å². The molecule has 0 aliphatic rings. The average Bonchev–Trinajstić information content (AvgIpc) is 2.99. The molecule has 2 N–H and O–H groups in total. The molecule has 0 atom stereocenters. The predicted octanol–water partition coefficient (Wildman–Crippen LogP) is 1.63. The Morgan fingerprint density at radius 1 is 1.04 bits per heavy atom. The number of guanidine groups is 1. The molecule has 1 heterocycles. The summed E-state index contributed by atoms with van der Waals surface area (Å²) in [7, 11) is 8.42. The minimum Gasteiger partial charge on any atom is -0.493 e. The third-order valence-corrected chi connectivity index (χ3v) is 4.00. The maximum atomic E-state index is 5.38. The Kier molecular flexibility index (Phi) is 9.12. The molecule has 10 heteroatoms. The fraction of sp³-hybridized carbons (Fsp3) is 0.471. The van der Waals surface area contributed by atoms with Crippen molar-refractivity contribution in [3.8, 4) is 17.2 Å². The number of nitrogens with one attached hydrogen (secondary N) is 2. The van der Waals surface area contributed by atoms with E-state index in [2.05, 4.69) is 25.8 Å². The number of aromatic nitrogens is 3. The number of nitrogens with zero attached hydrogens (tertiary/aromatic N) is 4. The smallest absolute Gasteiger partial charge is 0.203 e. The van der Waals surface area contributed by atoms with Crippen LogP contribution in [0.3, 0.4) is 0 Å². The minimum absolute atomic E-state index is 0. The Morgan fingerprint density at radius 3 is 2.07 bits per heavy atom. The summed E-state index contributed by atoms with van der Waals surface area (Å²) in [5, 5.41) is 14.6. The molecule has 0 saturated heterocycles. The van der Waals surface area contributed by atoms with E-state index in [0.29, 0.717) is 36.3 Å². The van der Waals surface area contributed by atoms with Gasteiger partial charge in [-0.1, -0.05) is 0 Å². The lowest BCUT2D eigenvalue weighted by atomic mass is 10.2. The van der Waals surface area contributed by atoms with Crippen LogP contribution in [-0.2, 0) is 20.1 Å². The summed E-state index contributed by atoms with van der Waals surface area (Å²) >= 11 is 0. The van der Waals surface area contributed by atoms with Crippen molar-refractivity contribution in [2.24, 2.45) is 12.0 Å². The molecule has 2 rings (SSSR count). The highest BCUT2D eigenvalue weighted by Gasteiger charge is 2.13. The van der Waals surface area contributed by atoms with Gasteiger partial charge >= 0.3 is 0 Å². The van der Waals surface area contributed by atoms with Crippen molar-refractivity contribution in [2.45, 2.75) is 20.0 Å². The summed E-state index contributed by atoms with van der Waals surface area (Å²) in [6.07, 6.45) is 0. The Balaban J connectivity index is 0.00000364. The van der Waals surface area contributed by atoms with Gasteiger partial charge in [-0.2, -0.15) is 0 Å². The summed E-state index contributed by atoms with van der Waals surface area (Å²) in [5.41, 5.74) is 0.969. The number of aryl methyl sites for hydroxylation is 1. The van der Waals surface area contributed by atoms with E-state index in [4.69, 9.17) is 14.2 Å². The van der Waals surface area contributed by atoms with Crippen LogP contribution in [0.2, 0.25) is 0 Å². The first-order valence-corrected chi connectivity index (χ1v) is 8.12. The monoisotopic (exact) mass is 490 g/mol. The first-order chi connectivity index (χ1) is 12.5. The third kappa shape index (κ3) is 5.62. The zero-order valence-electron chi connectivity index (χ0n) is 16.5. The van der Waals surface area contributed by atoms with Crippen LogP contribution in [0, 0.1) is 6.92 Å². The number of aliphatic imine (C=N–C) groups is 1. The van der Waals surface area contributed by atoms with E-state index >= 15 is 0 Å². The van der Waals surface area contributed by atoms with Crippen molar-refractivity contribution in [2.75, 3.05) is 28.4 Å². The molecule has 0 aliphatic heterocycles. The molecule has 150 valence electrons. The van der Waals surface area contributed by atoms with Crippen LogP contribution in [-0.4, -0.2) is 49.1 Å². The van der Waals surface area contributed by atoms with Crippen molar-refractivity contribution in [3.05, 3.63) is 29.3 Å². The molecule has 0 aliphatic carbocycles. The number of benzene rings is 1. The second-order valence-electron chi connectivity index (χ2n) is 5.54. The SMILES string of the molecule is CN=C(NCc1cc(OC)c(OC)c(OC)c1)NCc1nnc(C)n1C.I. The number of hydrogen-bond donors (Lipinski definition) is 2. The van der Waals surface area contributed by atoms with E-state index in [-0.39, 0.29) is 24.0 Å². The van der Waals surface area contributed by atoms with E-state index in [0.717, 1.165) is 17.2 Å². The van der Waals surface area contributed by atoms with Gasteiger partial charge in [0.2, 0.25) is 5.75 Å². The molecule has 0 bridgehead atoms. The number of methoxy groups -OCH3 is 3. The van der Waals surface area contributed by atoms with E-state index in [1.807, 2.05) is 30.7 Å². The fourth-order valence-electron chi connectivity index (χ4n) is 2.41. The summed E-state index contributed by atoms with van der Waals surface area (Å²) < 4.78 is 18.0. The van der Waals surface area contributed by atoms with Crippen LogP contribution in [0.1, 0.15) is 17.2 Å². The molecule has 0 radical (unpaired) electrons. The van der Waals surface area contributed by atoms with Gasteiger partial charge in [-0.3, -0.25) is 4.99 Å². The van der Waals surface area contributed by atoms with Gasteiger partial charge in [0, 0.05) is 20.6 Å². The van der Waals surface area contributed by atoms with Crippen LogP contribution >= 0.6 is 24.0 Å². The van der Waals surface area contributed by atoms with Crippen molar-refractivity contribution < 1.29 is 14.2 Å². The second-order valence-corrected chi connectivity index (χ2v) is 5.54. The molecule has 9 nitrogen and oxygen atoms in total. The quantitative estimate of drug-likeness (QED) is 0.346. The van der Waals surface area contributed by atoms with Gasteiger partial charge in [0.15, 0.2) is 23.3 Å². The van der Waals surface area contributed by atoms with Crippen LogP contribution in [0.25, 0.3) is 0 Å². The molecule has 1 aromatic carbocycles. The molecule has 0 spiro atoms. The minimum atomic E-state index is 0. The van der Waals surface area contributed by atoms with Crippen molar-refractivity contribution in [1.29, 1.82) is 0 Å². The van der Waals surface area contributed by atoms with Gasteiger partial charge in [-0.15, -0.1) is 34.2 Å². The standard InChI is InChI=1S/C17H26N6O3.HI/c1-11-21-22-15(23(11)3)10-20-17(18-2)19-9-12-7-13(24-4)16(26-6)14(8-12)25-5;/h7-8H,9-10H2,1-6H3,(H2,18,19,20);1H. The van der Waals surface area contributed by atoms with E-state index in [1.54, 1.807) is 28.4 Å². The Labute approximate surface area is 176 Å². The number of halogens is 1. The van der Waals surface area contributed by atoms with Crippen molar-refractivity contribution in [3.63, 3.8) is 0 Å². The van der Waals surface area contributed by atoms with Gasteiger partial charge < -0.3 is 29.4 Å². The Bertz CT molecular complexity index is 753. The lowest BCUT2D eigenvalue weighted by Gasteiger charge is -2.15. The number of ether oxygens (including phenoxy) is 3. The Morgan fingerprint density at radius 2 is 1.63 bits per heavy atom. The number of hydrogen-bond acceptors (Lipinski definition) is 6. The van der Waals surface area contributed by atoms with Gasteiger partial charge in [0.05, 0.1) is 27.9 Å². The molecule has 0 unspecified atom stereocenters. The first-order valence-electron chi connectivity index (χ1n) is 8.12. The maximum absolute atomic E-state index is 5.38. The average molecular weight is 490 g/mol. The van der Waals surface area contributed by atoms with Gasteiger partial charge in [-0.25, -0.2) is 0 Å². The fourth-order valence-corrected chi connectivity index (χ4v) is 2.41. The molecule has 27 heavy (non-hydrogen) atoms. The summed E-state index contributed by atoms with van der Waals surface area (Å²) in [6, 6.07) is 3.79. The molecule has 0 fully saturated rings. The molecular weight excluding hydrogens is 463 g/mol.